The van der Waals surface area contributed by atoms with Crippen LogP contribution in [0.2, 0.25) is 0 Å². The number of aromatic nitrogens is 1. The molecule has 0 spiro atoms. The molecule has 8 heteroatoms. The van der Waals surface area contributed by atoms with Crippen molar-refractivity contribution in [3.63, 3.8) is 0 Å². The van der Waals surface area contributed by atoms with Gasteiger partial charge >= 0.3 is 6.18 Å². The second kappa shape index (κ2) is 7.61. The van der Waals surface area contributed by atoms with Gasteiger partial charge in [-0.1, -0.05) is 29.4 Å². The van der Waals surface area contributed by atoms with Gasteiger partial charge in [-0.15, -0.1) is 0 Å². The minimum Gasteiger partial charge on any atom is -0.356 e. The molecule has 1 aromatic heterocycles. The Morgan fingerprint density at radius 1 is 1.07 bits per heavy atom. The van der Waals surface area contributed by atoms with E-state index in [1.165, 1.54) is 36.5 Å². The van der Waals surface area contributed by atoms with Gasteiger partial charge in [0, 0.05) is 17.5 Å². The van der Waals surface area contributed by atoms with Gasteiger partial charge in [0.2, 0.25) is 5.91 Å². The standard InChI is InChI=1S/C19H14F4N2O2/c20-15-3-1-2-4-16(15)25-17(26)10-7-13-11-24-27-18(13)12-5-8-14(9-6-12)19(21,22)23/h1-6,8-9,11H,7,10H2,(H,25,26). The van der Waals surface area contributed by atoms with Gasteiger partial charge in [0.1, 0.15) is 5.82 Å². The topological polar surface area (TPSA) is 55.1 Å². The van der Waals surface area contributed by atoms with Crippen LogP contribution in [0.15, 0.2) is 59.3 Å². The minimum absolute atomic E-state index is 0.0309. The number of amides is 1. The maximum absolute atomic E-state index is 13.5. The zero-order valence-electron chi connectivity index (χ0n) is 13.9. The third-order valence-corrected chi connectivity index (χ3v) is 3.89. The Bertz CT molecular complexity index is 933. The van der Waals surface area contributed by atoms with Crippen molar-refractivity contribution in [1.82, 2.24) is 5.16 Å². The molecule has 0 bridgehead atoms. The monoisotopic (exact) mass is 378 g/mol. The second-order valence-electron chi connectivity index (χ2n) is 5.78. The van der Waals surface area contributed by atoms with Crippen LogP contribution < -0.4 is 5.32 Å². The van der Waals surface area contributed by atoms with Gasteiger partial charge in [0.15, 0.2) is 5.76 Å². The zero-order valence-corrected chi connectivity index (χ0v) is 13.9. The van der Waals surface area contributed by atoms with E-state index in [0.29, 0.717) is 16.9 Å². The molecule has 0 aliphatic rings. The number of alkyl halides is 3. The van der Waals surface area contributed by atoms with Crippen LogP contribution in [0.5, 0.6) is 0 Å². The van der Waals surface area contributed by atoms with Gasteiger partial charge in [-0.25, -0.2) is 4.39 Å². The maximum Gasteiger partial charge on any atom is 0.416 e. The fourth-order valence-electron chi connectivity index (χ4n) is 2.51. The zero-order chi connectivity index (χ0) is 19.4. The lowest BCUT2D eigenvalue weighted by molar-refractivity contribution is -0.137. The van der Waals surface area contributed by atoms with Gasteiger partial charge < -0.3 is 9.84 Å². The van der Waals surface area contributed by atoms with E-state index in [-0.39, 0.29) is 18.5 Å². The maximum atomic E-state index is 13.5. The number of para-hydroxylation sites is 1. The van der Waals surface area contributed by atoms with Crippen LogP contribution >= 0.6 is 0 Å². The molecule has 0 saturated heterocycles. The first-order valence-electron chi connectivity index (χ1n) is 8.00. The number of carbonyl (C=O) groups is 1. The number of halogens is 4. The van der Waals surface area contributed by atoms with Gasteiger partial charge in [-0.2, -0.15) is 13.2 Å². The first-order valence-corrected chi connectivity index (χ1v) is 8.00. The summed E-state index contributed by atoms with van der Waals surface area (Å²) in [6, 6.07) is 10.3. The van der Waals surface area contributed by atoms with Crippen LogP contribution in [0.4, 0.5) is 23.2 Å². The number of rotatable bonds is 5. The Balaban J connectivity index is 1.67. The van der Waals surface area contributed by atoms with E-state index < -0.39 is 23.5 Å². The van der Waals surface area contributed by atoms with Crippen LogP contribution in [0.1, 0.15) is 17.5 Å². The van der Waals surface area contributed by atoms with Crippen molar-refractivity contribution in [3.8, 4) is 11.3 Å². The fraction of sp³-hybridized carbons (Fsp3) is 0.158. The quantitative estimate of drug-likeness (QED) is 0.631. The molecule has 0 fully saturated rings. The molecule has 0 aliphatic heterocycles. The normalized spacial score (nSPS) is 11.4. The molecular formula is C19H14F4N2O2. The van der Waals surface area contributed by atoms with Crippen LogP contribution in [-0.4, -0.2) is 11.1 Å². The van der Waals surface area contributed by atoms with Gasteiger partial charge in [-0.3, -0.25) is 4.79 Å². The first-order chi connectivity index (χ1) is 12.8. The lowest BCUT2D eigenvalue weighted by Gasteiger charge is -2.08. The number of aryl methyl sites for hydroxylation is 1. The van der Waals surface area contributed by atoms with Crippen molar-refractivity contribution >= 4 is 11.6 Å². The summed E-state index contributed by atoms with van der Waals surface area (Å²) in [5.41, 5.74) is 0.302. The number of anilines is 1. The molecule has 0 radical (unpaired) electrons. The molecule has 0 aliphatic carbocycles. The van der Waals surface area contributed by atoms with E-state index in [4.69, 9.17) is 4.52 Å². The summed E-state index contributed by atoms with van der Waals surface area (Å²) in [6.07, 6.45) is -2.75. The Kier molecular flexibility index (Phi) is 5.25. The van der Waals surface area contributed by atoms with Crippen LogP contribution in [0.25, 0.3) is 11.3 Å². The Hall–Kier alpha value is -3.16. The fourth-order valence-corrected chi connectivity index (χ4v) is 2.51. The Morgan fingerprint density at radius 2 is 1.78 bits per heavy atom. The van der Waals surface area contributed by atoms with Gasteiger partial charge in [-0.05, 0) is 30.7 Å². The van der Waals surface area contributed by atoms with E-state index in [9.17, 15) is 22.4 Å². The van der Waals surface area contributed by atoms with Crippen molar-refractivity contribution < 1.29 is 26.9 Å². The smallest absolute Gasteiger partial charge is 0.356 e. The van der Waals surface area contributed by atoms with Crippen molar-refractivity contribution in [2.75, 3.05) is 5.32 Å². The number of carbonyl (C=O) groups excluding carboxylic acids is 1. The van der Waals surface area contributed by atoms with E-state index in [2.05, 4.69) is 10.5 Å². The van der Waals surface area contributed by atoms with Crippen molar-refractivity contribution in [2.24, 2.45) is 0 Å². The predicted molar refractivity (Wildman–Crippen MR) is 90.3 cm³/mol. The van der Waals surface area contributed by atoms with Crippen molar-refractivity contribution in [3.05, 3.63) is 71.7 Å². The lowest BCUT2D eigenvalue weighted by Crippen LogP contribution is -2.13. The molecule has 0 atom stereocenters. The molecule has 0 unspecified atom stereocenters. The summed E-state index contributed by atoms with van der Waals surface area (Å²) < 4.78 is 56.6. The molecule has 3 rings (SSSR count). The lowest BCUT2D eigenvalue weighted by atomic mass is 10.0. The average molecular weight is 378 g/mol. The van der Waals surface area contributed by atoms with Gasteiger partial charge in [0.25, 0.3) is 0 Å². The van der Waals surface area contributed by atoms with Crippen LogP contribution in [0, 0.1) is 5.82 Å². The minimum atomic E-state index is -4.42. The molecular weight excluding hydrogens is 364 g/mol. The summed E-state index contributed by atoms with van der Waals surface area (Å²) >= 11 is 0. The highest BCUT2D eigenvalue weighted by molar-refractivity contribution is 5.91. The van der Waals surface area contributed by atoms with E-state index >= 15 is 0 Å². The van der Waals surface area contributed by atoms with E-state index in [0.717, 1.165) is 12.1 Å². The summed E-state index contributed by atoms with van der Waals surface area (Å²) in [4.78, 5) is 12.0. The molecule has 2 aromatic carbocycles. The summed E-state index contributed by atoms with van der Waals surface area (Å²) in [7, 11) is 0. The Labute approximate surface area is 151 Å². The molecule has 1 amide bonds. The number of hydrogen-bond acceptors (Lipinski definition) is 3. The molecule has 4 nitrogen and oxygen atoms in total. The average Bonchev–Trinajstić information content (AvgIpc) is 3.10. The molecule has 27 heavy (non-hydrogen) atoms. The number of nitrogens with one attached hydrogen (secondary N) is 1. The highest BCUT2D eigenvalue weighted by atomic mass is 19.4. The van der Waals surface area contributed by atoms with E-state index in [1.807, 2.05) is 0 Å². The van der Waals surface area contributed by atoms with Crippen molar-refractivity contribution in [1.29, 1.82) is 0 Å². The number of hydrogen-bond donors (Lipinski definition) is 1. The van der Waals surface area contributed by atoms with Crippen LogP contribution in [-0.2, 0) is 17.4 Å². The Morgan fingerprint density at radius 3 is 2.44 bits per heavy atom. The predicted octanol–water partition coefficient (Wildman–Crippen LogP) is 5.07. The second-order valence-corrected chi connectivity index (χ2v) is 5.78. The summed E-state index contributed by atoms with van der Waals surface area (Å²) in [5, 5.41) is 6.12. The highest BCUT2D eigenvalue weighted by Gasteiger charge is 2.30. The first kappa shape index (κ1) is 18.6. The molecule has 1 heterocycles. The van der Waals surface area contributed by atoms with Gasteiger partial charge in [0.05, 0.1) is 17.4 Å². The highest BCUT2D eigenvalue weighted by Crippen LogP contribution is 2.32. The summed E-state index contributed by atoms with van der Waals surface area (Å²) in [6.45, 7) is 0. The van der Waals surface area contributed by atoms with Crippen molar-refractivity contribution in [2.45, 2.75) is 19.0 Å². The molecule has 1 N–H and O–H groups in total. The summed E-state index contributed by atoms with van der Waals surface area (Å²) in [5.74, 6) is -0.650. The molecule has 3 aromatic rings. The number of nitrogens with zero attached hydrogens (tertiary/aromatic N) is 1. The third kappa shape index (κ3) is 4.52. The SMILES string of the molecule is O=C(CCc1cnoc1-c1ccc(C(F)(F)F)cc1)Nc1ccccc1F. The molecule has 140 valence electrons. The van der Waals surface area contributed by atoms with E-state index in [1.54, 1.807) is 6.07 Å². The molecule has 0 saturated carbocycles. The largest absolute Gasteiger partial charge is 0.416 e. The number of benzene rings is 2. The van der Waals surface area contributed by atoms with Crippen LogP contribution in [0.3, 0.4) is 0 Å². The third-order valence-electron chi connectivity index (χ3n) is 3.89.